The molecule has 0 N–H and O–H groups in total. The van der Waals surface area contributed by atoms with Crippen LogP contribution >= 0.6 is 15.8 Å². The first kappa shape index (κ1) is 35.8. The molecule has 0 spiro atoms. The van der Waals surface area contributed by atoms with Gasteiger partial charge in [0.2, 0.25) is 0 Å². The van der Waals surface area contributed by atoms with E-state index in [4.69, 9.17) is 0 Å². The number of para-hydroxylation sites is 1. The fourth-order valence-electron chi connectivity index (χ4n) is 8.91. The molecule has 0 saturated heterocycles. The highest BCUT2D eigenvalue weighted by Gasteiger charge is 2.28. The van der Waals surface area contributed by atoms with Crippen molar-refractivity contribution in [1.29, 1.82) is 0 Å². The predicted octanol–water partition coefficient (Wildman–Crippen LogP) is 13.1. The molecule has 7 aromatic carbocycles. The van der Waals surface area contributed by atoms with E-state index in [0.717, 1.165) is 12.8 Å². The van der Waals surface area contributed by atoms with Gasteiger partial charge in [0, 0.05) is 28.0 Å². The van der Waals surface area contributed by atoms with E-state index in [2.05, 4.69) is 217 Å². The summed E-state index contributed by atoms with van der Waals surface area (Å²) in [4.78, 5) is 0. The Morgan fingerprint density at radius 1 is 0.474 bits per heavy atom. The molecule has 276 valence electrons. The van der Waals surface area contributed by atoms with Crippen LogP contribution in [0.1, 0.15) is 37.2 Å². The quantitative estimate of drug-likeness (QED) is 0.102. The number of fused-ring (bicyclic) bond motifs is 3. The molecule has 10 rings (SSSR count). The molecule has 57 heavy (non-hydrogen) atoms. The maximum absolute atomic E-state index is 2.57. The first-order valence-corrected chi connectivity index (χ1v) is 23.1. The van der Waals surface area contributed by atoms with Gasteiger partial charge in [-0.15, -0.1) is 0 Å². The second-order valence-corrected chi connectivity index (χ2v) is 19.8. The van der Waals surface area contributed by atoms with Gasteiger partial charge in [-0.2, -0.15) is 0 Å². The molecular formula is C54H45NP2. The molecule has 0 aliphatic heterocycles. The fraction of sp³-hybridized carbons (Fsp3) is 0.111. The molecular weight excluding hydrogens is 725 g/mol. The van der Waals surface area contributed by atoms with Crippen LogP contribution in [0.4, 0.5) is 0 Å². The summed E-state index contributed by atoms with van der Waals surface area (Å²) in [5.74, 6) is 0.407. The van der Waals surface area contributed by atoms with Crippen LogP contribution in [-0.4, -0.2) is 10.2 Å². The minimum absolute atomic E-state index is 0.407. The molecule has 1 heterocycles. The number of nitrogens with zero attached hydrogens (tertiary/aromatic N) is 1. The summed E-state index contributed by atoms with van der Waals surface area (Å²) in [5.41, 5.74) is 8.15. The van der Waals surface area contributed by atoms with Gasteiger partial charge in [-0.25, -0.2) is 0 Å². The smallest absolute Gasteiger partial charge is 0.0541 e. The van der Waals surface area contributed by atoms with Gasteiger partial charge < -0.3 is 4.57 Å². The molecule has 8 aromatic rings. The van der Waals surface area contributed by atoms with Gasteiger partial charge in [-0.1, -0.05) is 176 Å². The van der Waals surface area contributed by atoms with Crippen LogP contribution < -0.4 is 21.2 Å². The maximum Gasteiger partial charge on any atom is 0.0541 e. The molecule has 0 saturated carbocycles. The van der Waals surface area contributed by atoms with E-state index in [0.29, 0.717) is 11.6 Å². The Labute approximate surface area is 339 Å². The molecule has 2 aliphatic carbocycles. The van der Waals surface area contributed by atoms with Crippen molar-refractivity contribution in [2.75, 3.05) is 0 Å². The molecule has 1 nitrogen and oxygen atoms in total. The zero-order valence-electron chi connectivity index (χ0n) is 32.0. The van der Waals surface area contributed by atoms with E-state index >= 15 is 0 Å². The Hall–Kier alpha value is -5.58. The Kier molecular flexibility index (Phi) is 10.1. The maximum atomic E-state index is 2.57. The summed E-state index contributed by atoms with van der Waals surface area (Å²) >= 11 is 0. The SMILES string of the molecule is C1=CC(P(c2ccccc2)C2C=CC(c3ccc4c(c3)c3cc(-c5ccc(P(c6ccccc6)c6ccccc6)cc5)ccc3n4-c3ccccc3)CC2)=CCC1. The molecule has 0 radical (unpaired) electrons. The van der Waals surface area contributed by atoms with Crippen LogP contribution in [0.25, 0.3) is 38.6 Å². The van der Waals surface area contributed by atoms with Crippen molar-refractivity contribution in [2.24, 2.45) is 0 Å². The van der Waals surface area contributed by atoms with E-state index in [9.17, 15) is 0 Å². The molecule has 3 heteroatoms. The Morgan fingerprint density at radius 2 is 1.05 bits per heavy atom. The summed E-state index contributed by atoms with van der Waals surface area (Å²) in [6.07, 6.45) is 17.1. The van der Waals surface area contributed by atoms with Crippen molar-refractivity contribution in [3.05, 3.63) is 223 Å². The lowest BCUT2D eigenvalue weighted by molar-refractivity contribution is 0.660. The van der Waals surface area contributed by atoms with Crippen LogP contribution in [0.5, 0.6) is 0 Å². The Morgan fingerprint density at radius 3 is 1.67 bits per heavy atom. The summed E-state index contributed by atoms with van der Waals surface area (Å²) in [7, 11) is -1.07. The number of hydrogen-bond acceptors (Lipinski definition) is 0. The van der Waals surface area contributed by atoms with Gasteiger partial charge >= 0.3 is 0 Å². The third-order valence-corrected chi connectivity index (χ3v) is 17.0. The Bertz CT molecular complexity index is 2690. The largest absolute Gasteiger partial charge is 0.309 e. The lowest BCUT2D eigenvalue weighted by Gasteiger charge is -2.32. The minimum Gasteiger partial charge on any atom is -0.309 e. The van der Waals surface area contributed by atoms with Crippen LogP contribution in [0.3, 0.4) is 0 Å². The van der Waals surface area contributed by atoms with Crippen LogP contribution in [0, 0.1) is 0 Å². The monoisotopic (exact) mass is 769 g/mol. The zero-order valence-corrected chi connectivity index (χ0v) is 33.8. The van der Waals surface area contributed by atoms with Gasteiger partial charge in [-0.3, -0.25) is 0 Å². The lowest BCUT2D eigenvalue weighted by Crippen LogP contribution is -2.20. The van der Waals surface area contributed by atoms with Gasteiger partial charge in [0.1, 0.15) is 0 Å². The van der Waals surface area contributed by atoms with Gasteiger partial charge in [0.05, 0.1) is 11.0 Å². The van der Waals surface area contributed by atoms with E-state index in [1.54, 1.807) is 5.31 Å². The molecule has 3 unspecified atom stereocenters. The minimum atomic E-state index is -0.648. The second kappa shape index (κ2) is 16.1. The summed E-state index contributed by atoms with van der Waals surface area (Å²) in [6.45, 7) is 0. The first-order valence-electron chi connectivity index (χ1n) is 20.3. The molecule has 1 aromatic heterocycles. The van der Waals surface area contributed by atoms with Crippen LogP contribution in [0.2, 0.25) is 0 Å². The van der Waals surface area contributed by atoms with Crippen molar-refractivity contribution in [2.45, 2.75) is 37.3 Å². The highest BCUT2D eigenvalue weighted by molar-refractivity contribution is 7.79. The van der Waals surface area contributed by atoms with Gasteiger partial charge in [0.25, 0.3) is 0 Å². The molecule has 3 atom stereocenters. The Balaban J connectivity index is 1.01. The summed E-state index contributed by atoms with van der Waals surface area (Å²) < 4.78 is 2.44. The van der Waals surface area contributed by atoms with Crippen molar-refractivity contribution in [3.8, 4) is 16.8 Å². The third-order valence-electron chi connectivity index (χ3n) is 11.7. The number of hydrogen-bond donors (Lipinski definition) is 0. The molecule has 0 amide bonds. The molecule has 0 fully saturated rings. The first-order chi connectivity index (χ1) is 28.3. The van der Waals surface area contributed by atoms with E-state index < -0.39 is 15.8 Å². The predicted molar refractivity (Wildman–Crippen MR) is 249 cm³/mol. The number of aromatic nitrogens is 1. The van der Waals surface area contributed by atoms with Gasteiger partial charge in [-0.05, 0) is 121 Å². The standard InChI is InChI=1S/C54H45NP2/c1-6-16-44(17-7-1)55-53-36-30-42(40-26-32-49(33-27-40)56(45-18-8-2-9-19-45)46-20-10-3-11-21-46)38-51(53)52-39-43(31-37-54(52)55)41-28-34-50(35-29-41)57(47-22-12-4-13-23-47)48-24-14-5-15-25-48/h1-4,6-14,16-28,30-34,36-39,41,50H,5,15,29,35H2. The van der Waals surface area contributed by atoms with Crippen LogP contribution in [0.15, 0.2) is 218 Å². The van der Waals surface area contributed by atoms with Crippen molar-refractivity contribution >= 4 is 58.9 Å². The van der Waals surface area contributed by atoms with E-state index in [1.165, 1.54) is 78.2 Å². The third kappa shape index (κ3) is 7.17. The average Bonchev–Trinajstić information content (AvgIpc) is 3.62. The van der Waals surface area contributed by atoms with Crippen molar-refractivity contribution in [3.63, 3.8) is 0 Å². The second-order valence-electron chi connectivity index (χ2n) is 15.2. The van der Waals surface area contributed by atoms with Crippen molar-refractivity contribution in [1.82, 2.24) is 4.57 Å². The van der Waals surface area contributed by atoms with Crippen molar-refractivity contribution < 1.29 is 0 Å². The average molecular weight is 770 g/mol. The summed E-state index contributed by atoms with van der Waals surface area (Å²) in [6, 6.07) is 67.7. The highest BCUT2D eigenvalue weighted by atomic mass is 31.1. The molecule has 0 bridgehead atoms. The topological polar surface area (TPSA) is 4.93 Å². The lowest BCUT2D eigenvalue weighted by atomic mass is 9.88. The van der Waals surface area contributed by atoms with Crippen LogP contribution in [-0.2, 0) is 0 Å². The number of allylic oxidation sites excluding steroid dienone is 6. The zero-order chi connectivity index (χ0) is 38.0. The fourth-order valence-corrected chi connectivity index (χ4v) is 14.0. The van der Waals surface area contributed by atoms with E-state index in [1.807, 2.05) is 0 Å². The highest BCUT2D eigenvalue weighted by Crippen LogP contribution is 2.54. The molecule has 2 aliphatic rings. The normalized spacial score (nSPS) is 17.2. The van der Waals surface area contributed by atoms with Gasteiger partial charge in [0.15, 0.2) is 0 Å². The summed E-state index contributed by atoms with van der Waals surface area (Å²) in [5, 5.41) is 9.77. The number of rotatable bonds is 9. The van der Waals surface area contributed by atoms with E-state index in [-0.39, 0.29) is 0 Å². The number of benzene rings is 7.